The number of para-hydroxylation sites is 1. The topological polar surface area (TPSA) is 79.3 Å². The normalized spacial score (nSPS) is 20.7. The van der Waals surface area contributed by atoms with E-state index < -0.39 is 0 Å². The first-order valence-electron chi connectivity index (χ1n) is 9.58. The van der Waals surface area contributed by atoms with Gasteiger partial charge in [0.25, 0.3) is 5.91 Å². The van der Waals surface area contributed by atoms with Crippen LogP contribution in [0.15, 0.2) is 24.3 Å². The summed E-state index contributed by atoms with van der Waals surface area (Å²) in [4.78, 5) is 28.4. The molecule has 1 atom stereocenters. The number of rotatable bonds is 6. The highest BCUT2D eigenvalue weighted by molar-refractivity contribution is 5.97. The molecule has 1 N–H and O–H groups in total. The van der Waals surface area contributed by atoms with Crippen LogP contribution in [-0.2, 0) is 9.53 Å². The van der Waals surface area contributed by atoms with Gasteiger partial charge in [-0.25, -0.2) is 0 Å². The minimum atomic E-state index is -0.111. The fourth-order valence-electron chi connectivity index (χ4n) is 3.81. The first kappa shape index (κ1) is 19.6. The molecular weight excluding hydrogens is 348 g/mol. The van der Waals surface area contributed by atoms with Crippen molar-refractivity contribution in [1.82, 2.24) is 9.80 Å². The zero-order valence-electron chi connectivity index (χ0n) is 15.8. The van der Waals surface area contributed by atoms with Gasteiger partial charge in [-0.3, -0.25) is 9.59 Å². The SMILES string of the molecule is COCC(=O)N1CCC(Oc2ccccc2C(=O)N2CCC[C@H]2CO)CC1. The number of aliphatic hydroxyl groups is 1. The second kappa shape index (κ2) is 9.19. The monoisotopic (exact) mass is 376 g/mol. The fourth-order valence-corrected chi connectivity index (χ4v) is 3.81. The number of aliphatic hydroxyl groups excluding tert-OH is 1. The average Bonchev–Trinajstić information content (AvgIpc) is 3.17. The molecule has 1 aromatic rings. The highest BCUT2D eigenvalue weighted by Gasteiger charge is 2.31. The molecule has 2 heterocycles. The standard InChI is InChI=1S/C20H28N2O5/c1-26-14-19(24)21-11-8-16(9-12-21)27-18-7-3-2-6-17(18)20(25)22-10-4-5-15(22)13-23/h2-3,6-7,15-16,23H,4-5,8-14H2,1H3/t15-/m0/s1. The number of hydrogen-bond donors (Lipinski definition) is 1. The number of hydrogen-bond acceptors (Lipinski definition) is 5. The van der Waals surface area contributed by atoms with Crippen LogP contribution in [0.4, 0.5) is 0 Å². The molecule has 1 aromatic carbocycles. The van der Waals surface area contributed by atoms with E-state index >= 15 is 0 Å². The number of methoxy groups -OCH3 is 1. The smallest absolute Gasteiger partial charge is 0.257 e. The van der Waals surface area contributed by atoms with Crippen molar-refractivity contribution in [3.63, 3.8) is 0 Å². The van der Waals surface area contributed by atoms with Crippen LogP contribution in [-0.4, -0.2) is 78.8 Å². The van der Waals surface area contributed by atoms with E-state index in [0.717, 1.165) is 25.7 Å². The number of amides is 2. The summed E-state index contributed by atoms with van der Waals surface area (Å²) in [5, 5.41) is 9.50. The molecule has 0 bridgehead atoms. The maximum Gasteiger partial charge on any atom is 0.257 e. The Morgan fingerprint density at radius 3 is 2.59 bits per heavy atom. The lowest BCUT2D eigenvalue weighted by molar-refractivity contribution is -0.136. The number of carbonyl (C=O) groups excluding carboxylic acids is 2. The highest BCUT2D eigenvalue weighted by Crippen LogP contribution is 2.27. The van der Waals surface area contributed by atoms with Gasteiger partial charge in [-0.05, 0) is 25.0 Å². The Labute approximate surface area is 159 Å². The van der Waals surface area contributed by atoms with E-state index in [1.165, 1.54) is 7.11 Å². The van der Waals surface area contributed by atoms with E-state index in [0.29, 0.717) is 30.9 Å². The summed E-state index contributed by atoms with van der Waals surface area (Å²) in [6, 6.07) is 7.18. The van der Waals surface area contributed by atoms with Gasteiger partial charge in [0, 0.05) is 39.6 Å². The molecule has 27 heavy (non-hydrogen) atoms. The van der Waals surface area contributed by atoms with Crippen LogP contribution in [0.3, 0.4) is 0 Å². The van der Waals surface area contributed by atoms with Crippen LogP contribution in [0.5, 0.6) is 5.75 Å². The third kappa shape index (κ3) is 4.59. The first-order valence-corrected chi connectivity index (χ1v) is 9.58. The fraction of sp³-hybridized carbons (Fsp3) is 0.600. The van der Waals surface area contributed by atoms with E-state index in [1.807, 2.05) is 18.2 Å². The molecule has 2 saturated heterocycles. The van der Waals surface area contributed by atoms with Crippen molar-refractivity contribution in [2.45, 2.75) is 37.8 Å². The molecule has 2 amide bonds. The maximum atomic E-state index is 13.0. The summed E-state index contributed by atoms with van der Waals surface area (Å²) in [7, 11) is 1.52. The van der Waals surface area contributed by atoms with Gasteiger partial charge >= 0.3 is 0 Å². The summed E-state index contributed by atoms with van der Waals surface area (Å²) >= 11 is 0. The van der Waals surface area contributed by atoms with Gasteiger partial charge in [-0.15, -0.1) is 0 Å². The van der Waals surface area contributed by atoms with Gasteiger partial charge in [0.2, 0.25) is 5.91 Å². The van der Waals surface area contributed by atoms with Crippen molar-refractivity contribution in [3.05, 3.63) is 29.8 Å². The summed E-state index contributed by atoms with van der Waals surface area (Å²) in [6.45, 7) is 2.01. The van der Waals surface area contributed by atoms with Gasteiger partial charge in [0.05, 0.1) is 18.2 Å². The molecule has 0 radical (unpaired) electrons. The molecule has 2 aliphatic heterocycles. The number of nitrogens with zero attached hydrogens (tertiary/aromatic N) is 2. The lowest BCUT2D eigenvalue weighted by Gasteiger charge is -2.32. The maximum absolute atomic E-state index is 13.0. The Bertz CT molecular complexity index is 658. The third-order valence-electron chi connectivity index (χ3n) is 5.32. The molecule has 148 valence electrons. The van der Waals surface area contributed by atoms with Crippen molar-refractivity contribution >= 4 is 11.8 Å². The van der Waals surface area contributed by atoms with Crippen LogP contribution in [0.1, 0.15) is 36.0 Å². The van der Waals surface area contributed by atoms with Crippen molar-refractivity contribution in [1.29, 1.82) is 0 Å². The van der Waals surface area contributed by atoms with Crippen LogP contribution < -0.4 is 4.74 Å². The Morgan fingerprint density at radius 1 is 1.15 bits per heavy atom. The molecule has 0 aliphatic carbocycles. The van der Waals surface area contributed by atoms with Crippen molar-refractivity contribution in [2.24, 2.45) is 0 Å². The molecule has 0 unspecified atom stereocenters. The van der Waals surface area contributed by atoms with Gasteiger partial charge in [-0.2, -0.15) is 0 Å². The van der Waals surface area contributed by atoms with E-state index in [-0.39, 0.29) is 37.2 Å². The van der Waals surface area contributed by atoms with Crippen molar-refractivity contribution in [2.75, 3.05) is 40.0 Å². The van der Waals surface area contributed by atoms with Crippen LogP contribution in [0.25, 0.3) is 0 Å². The molecule has 2 aliphatic rings. The molecule has 0 saturated carbocycles. The molecule has 3 rings (SSSR count). The molecular formula is C20H28N2O5. The van der Waals surface area contributed by atoms with Crippen LogP contribution >= 0.6 is 0 Å². The number of ether oxygens (including phenoxy) is 2. The lowest BCUT2D eigenvalue weighted by Crippen LogP contribution is -2.43. The van der Waals surface area contributed by atoms with Crippen molar-refractivity contribution < 1.29 is 24.2 Å². The Hall–Kier alpha value is -2.12. The highest BCUT2D eigenvalue weighted by atomic mass is 16.5. The van der Waals surface area contributed by atoms with Gasteiger partial charge < -0.3 is 24.4 Å². The van der Waals surface area contributed by atoms with Crippen molar-refractivity contribution in [3.8, 4) is 5.75 Å². The summed E-state index contributed by atoms with van der Waals surface area (Å²) in [5.41, 5.74) is 0.538. The van der Waals surface area contributed by atoms with E-state index in [1.54, 1.807) is 15.9 Å². The summed E-state index contributed by atoms with van der Waals surface area (Å²) in [6.07, 6.45) is 3.16. The van der Waals surface area contributed by atoms with Gasteiger partial charge in [-0.1, -0.05) is 12.1 Å². The molecule has 7 heteroatoms. The summed E-state index contributed by atoms with van der Waals surface area (Å²) in [5.74, 6) is 0.484. The van der Waals surface area contributed by atoms with Crippen LogP contribution in [0, 0.1) is 0 Å². The largest absolute Gasteiger partial charge is 0.489 e. The molecule has 0 aromatic heterocycles. The minimum absolute atomic E-state index is 0.00407. The Kier molecular flexibility index (Phi) is 6.68. The number of benzene rings is 1. The minimum Gasteiger partial charge on any atom is -0.489 e. The zero-order valence-corrected chi connectivity index (χ0v) is 15.8. The number of piperidine rings is 1. The quantitative estimate of drug-likeness (QED) is 0.810. The average molecular weight is 376 g/mol. The van der Waals surface area contributed by atoms with E-state index in [4.69, 9.17) is 9.47 Å². The predicted molar refractivity (Wildman–Crippen MR) is 99.7 cm³/mol. The molecule has 2 fully saturated rings. The van der Waals surface area contributed by atoms with E-state index in [9.17, 15) is 14.7 Å². The number of likely N-dealkylation sites (tertiary alicyclic amines) is 2. The van der Waals surface area contributed by atoms with Crippen LogP contribution in [0.2, 0.25) is 0 Å². The predicted octanol–water partition coefficient (Wildman–Crippen LogP) is 1.30. The van der Waals surface area contributed by atoms with E-state index in [2.05, 4.69) is 0 Å². The van der Waals surface area contributed by atoms with Gasteiger partial charge in [0.1, 0.15) is 18.5 Å². The molecule has 0 spiro atoms. The zero-order chi connectivity index (χ0) is 19.2. The third-order valence-corrected chi connectivity index (χ3v) is 5.32. The first-order chi connectivity index (χ1) is 13.1. The number of carbonyl (C=O) groups is 2. The second-order valence-electron chi connectivity index (χ2n) is 7.10. The summed E-state index contributed by atoms with van der Waals surface area (Å²) < 4.78 is 11.1. The Morgan fingerprint density at radius 2 is 1.89 bits per heavy atom. The lowest BCUT2D eigenvalue weighted by atomic mass is 10.1. The Balaban J connectivity index is 1.63. The molecule has 7 nitrogen and oxygen atoms in total. The van der Waals surface area contributed by atoms with Gasteiger partial charge in [0.15, 0.2) is 0 Å². The second-order valence-corrected chi connectivity index (χ2v) is 7.10.